The number of benzene rings is 2. The molecule has 1 heterocycles. The molecule has 3 rings (SSSR count). The maximum absolute atomic E-state index is 12.8. The van der Waals surface area contributed by atoms with Crippen molar-refractivity contribution in [3.05, 3.63) is 76.5 Å². The van der Waals surface area contributed by atoms with Crippen LogP contribution in [-0.4, -0.2) is 17.6 Å². The molecular weight excluding hydrogens is 383 g/mol. The van der Waals surface area contributed by atoms with Gasteiger partial charge in [-0.1, -0.05) is 23.2 Å². The maximum Gasteiger partial charge on any atom is 0.283 e. The first-order valence-corrected chi connectivity index (χ1v) is 9.55. The zero-order valence-electron chi connectivity index (χ0n) is 13.1. The van der Waals surface area contributed by atoms with Gasteiger partial charge in [0, 0.05) is 10.0 Å². The second-order valence-electron chi connectivity index (χ2n) is 5.27. The lowest BCUT2D eigenvalue weighted by atomic mass is 10.3. The van der Waals surface area contributed by atoms with Crippen molar-refractivity contribution in [1.82, 2.24) is 9.19 Å². The smallest absolute Gasteiger partial charge is 0.283 e. The fourth-order valence-corrected chi connectivity index (χ4v) is 3.87. The molecule has 5 nitrogen and oxygen atoms in total. The van der Waals surface area contributed by atoms with Crippen LogP contribution in [0.25, 0.3) is 0 Å². The van der Waals surface area contributed by atoms with E-state index in [1.807, 2.05) is 0 Å². The van der Waals surface area contributed by atoms with Crippen molar-refractivity contribution in [2.45, 2.75) is 17.9 Å². The summed E-state index contributed by atoms with van der Waals surface area (Å²) >= 11 is 11.7. The number of rotatable bonds is 5. The van der Waals surface area contributed by atoms with Gasteiger partial charge in [0.25, 0.3) is 10.0 Å². The molecule has 0 N–H and O–H groups in total. The Labute approximate surface area is 155 Å². The normalized spacial score (nSPS) is 12.8. The molecule has 0 aliphatic rings. The van der Waals surface area contributed by atoms with E-state index >= 15 is 0 Å². The van der Waals surface area contributed by atoms with E-state index < -0.39 is 16.1 Å². The van der Waals surface area contributed by atoms with Crippen molar-refractivity contribution in [2.24, 2.45) is 0 Å². The van der Waals surface area contributed by atoms with Crippen LogP contribution in [-0.2, 0) is 10.0 Å². The summed E-state index contributed by atoms with van der Waals surface area (Å²) in [6.07, 6.45) is 0.885. The van der Waals surface area contributed by atoms with Gasteiger partial charge in [-0.25, -0.2) is 0 Å². The van der Waals surface area contributed by atoms with E-state index in [2.05, 4.69) is 5.10 Å². The predicted octanol–water partition coefficient (Wildman–Crippen LogP) is 4.57. The van der Waals surface area contributed by atoms with Crippen molar-refractivity contribution in [1.29, 1.82) is 0 Å². The first-order valence-electron chi connectivity index (χ1n) is 7.35. The summed E-state index contributed by atoms with van der Waals surface area (Å²) in [5.74, 6) is 0.577. The third-order valence-corrected chi connectivity index (χ3v) is 5.65. The van der Waals surface area contributed by atoms with Crippen LogP contribution in [0.2, 0.25) is 10.0 Å². The summed E-state index contributed by atoms with van der Waals surface area (Å²) in [6, 6.07) is 14.4. The van der Waals surface area contributed by atoms with Gasteiger partial charge in [0.15, 0.2) is 0 Å². The first-order chi connectivity index (χ1) is 11.9. The van der Waals surface area contributed by atoms with E-state index in [1.165, 1.54) is 30.5 Å². The van der Waals surface area contributed by atoms with Crippen molar-refractivity contribution >= 4 is 33.2 Å². The molecule has 0 aliphatic carbocycles. The van der Waals surface area contributed by atoms with Gasteiger partial charge in [-0.05, 0) is 61.5 Å². The summed E-state index contributed by atoms with van der Waals surface area (Å²) < 4.78 is 32.4. The Kier molecular flexibility index (Phi) is 5.03. The highest BCUT2D eigenvalue weighted by molar-refractivity contribution is 7.89. The molecule has 0 amide bonds. The van der Waals surface area contributed by atoms with Gasteiger partial charge in [-0.3, -0.25) is 0 Å². The van der Waals surface area contributed by atoms with E-state index in [1.54, 1.807) is 37.3 Å². The summed E-state index contributed by atoms with van der Waals surface area (Å²) in [7, 11) is -3.84. The van der Waals surface area contributed by atoms with E-state index in [0.717, 1.165) is 4.09 Å². The molecular formula is C17H14Cl2N2O3S. The van der Waals surface area contributed by atoms with Crippen molar-refractivity contribution in [3.63, 3.8) is 0 Å². The van der Waals surface area contributed by atoms with Crippen LogP contribution in [0.1, 0.15) is 18.7 Å². The number of aromatic nitrogens is 2. The molecule has 0 bridgehead atoms. The Morgan fingerprint density at radius 1 is 0.960 bits per heavy atom. The molecule has 0 radical (unpaired) electrons. The number of halogens is 2. The Morgan fingerprint density at radius 3 is 2.12 bits per heavy atom. The first kappa shape index (κ1) is 17.8. The molecule has 3 aromatic rings. The second kappa shape index (κ2) is 7.07. The molecule has 0 spiro atoms. The summed E-state index contributed by atoms with van der Waals surface area (Å²) in [5, 5.41) is 5.01. The molecule has 8 heteroatoms. The average molecular weight is 397 g/mol. The Balaban J connectivity index is 1.91. The molecule has 25 heavy (non-hydrogen) atoms. The highest BCUT2D eigenvalue weighted by atomic mass is 35.5. The monoisotopic (exact) mass is 396 g/mol. The van der Waals surface area contributed by atoms with Crippen LogP contribution in [0.15, 0.2) is 65.7 Å². The SMILES string of the molecule is C[C@H](Oc1ccc(Cl)cc1)c1ccnn1S(=O)(=O)c1ccc(Cl)cc1. The van der Waals surface area contributed by atoms with Crippen LogP contribution in [0, 0.1) is 0 Å². The van der Waals surface area contributed by atoms with Crippen LogP contribution in [0.3, 0.4) is 0 Å². The third-order valence-electron chi connectivity index (χ3n) is 3.52. The van der Waals surface area contributed by atoms with Crippen molar-refractivity contribution < 1.29 is 13.2 Å². The number of nitrogens with zero attached hydrogens (tertiary/aromatic N) is 2. The van der Waals surface area contributed by atoms with Gasteiger partial charge in [0.2, 0.25) is 0 Å². The Hall–Kier alpha value is -2.02. The average Bonchev–Trinajstić information content (AvgIpc) is 3.08. The van der Waals surface area contributed by atoms with Gasteiger partial charge >= 0.3 is 0 Å². The van der Waals surface area contributed by atoms with E-state index in [0.29, 0.717) is 21.5 Å². The minimum Gasteiger partial charge on any atom is -0.484 e. The highest BCUT2D eigenvalue weighted by Gasteiger charge is 2.24. The van der Waals surface area contributed by atoms with Crippen molar-refractivity contribution in [3.8, 4) is 5.75 Å². The Bertz CT molecular complexity index is 968. The Morgan fingerprint density at radius 2 is 1.52 bits per heavy atom. The summed E-state index contributed by atoms with van der Waals surface area (Å²) in [5.41, 5.74) is 0.407. The molecule has 0 aliphatic heterocycles. The van der Waals surface area contributed by atoms with E-state index in [4.69, 9.17) is 27.9 Å². The van der Waals surface area contributed by atoms with Crippen LogP contribution >= 0.6 is 23.2 Å². The van der Waals surface area contributed by atoms with Crippen LogP contribution in [0.4, 0.5) is 0 Å². The molecule has 1 aromatic heterocycles. The highest BCUT2D eigenvalue weighted by Crippen LogP contribution is 2.25. The lowest BCUT2D eigenvalue weighted by Gasteiger charge is -2.16. The molecule has 1 atom stereocenters. The van der Waals surface area contributed by atoms with Gasteiger partial charge in [0.1, 0.15) is 11.9 Å². The summed E-state index contributed by atoms with van der Waals surface area (Å²) in [6.45, 7) is 1.75. The zero-order valence-corrected chi connectivity index (χ0v) is 15.5. The standard InChI is InChI=1S/C17H14Cl2N2O3S/c1-12(24-15-6-2-13(18)3-7-15)17-10-11-20-21(17)25(22,23)16-8-4-14(19)5-9-16/h2-12H,1H3/t12-/m0/s1. The van der Waals surface area contributed by atoms with Gasteiger partial charge < -0.3 is 4.74 Å². The largest absolute Gasteiger partial charge is 0.484 e. The van der Waals surface area contributed by atoms with Gasteiger partial charge in [-0.2, -0.15) is 17.6 Å². The molecule has 0 saturated heterocycles. The quantitative estimate of drug-likeness (QED) is 0.633. The molecule has 0 unspecified atom stereocenters. The number of hydrogen-bond acceptors (Lipinski definition) is 4. The topological polar surface area (TPSA) is 61.2 Å². The molecule has 0 fully saturated rings. The zero-order chi connectivity index (χ0) is 18.0. The van der Waals surface area contributed by atoms with Gasteiger partial charge in [0.05, 0.1) is 16.8 Å². The minimum atomic E-state index is -3.84. The lowest BCUT2D eigenvalue weighted by Crippen LogP contribution is -2.20. The molecule has 0 saturated carbocycles. The predicted molar refractivity (Wildman–Crippen MR) is 96.8 cm³/mol. The molecule has 130 valence electrons. The fourth-order valence-electron chi connectivity index (χ4n) is 2.28. The fraction of sp³-hybridized carbons (Fsp3) is 0.118. The maximum atomic E-state index is 12.8. The molecule has 2 aromatic carbocycles. The second-order valence-corrected chi connectivity index (χ2v) is 7.91. The van der Waals surface area contributed by atoms with E-state index in [9.17, 15) is 8.42 Å². The van der Waals surface area contributed by atoms with Crippen LogP contribution in [0.5, 0.6) is 5.75 Å². The number of ether oxygens (including phenoxy) is 1. The third kappa shape index (κ3) is 3.81. The lowest BCUT2D eigenvalue weighted by molar-refractivity contribution is 0.220. The summed E-state index contributed by atoms with van der Waals surface area (Å²) in [4.78, 5) is 0.0977. The van der Waals surface area contributed by atoms with E-state index in [-0.39, 0.29) is 4.90 Å². The van der Waals surface area contributed by atoms with Gasteiger partial charge in [-0.15, -0.1) is 0 Å². The van der Waals surface area contributed by atoms with Crippen LogP contribution < -0.4 is 4.74 Å². The van der Waals surface area contributed by atoms with Crippen molar-refractivity contribution in [2.75, 3.05) is 0 Å². The number of hydrogen-bond donors (Lipinski definition) is 0. The minimum absolute atomic E-state index is 0.0977.